The molecular formula is C12H15F2N3O2S. The number of nitrogens with zero attached hydrogens (tertiary/aromatic N) is 1. The number of benzene rings is 1. The molecule has 5 nitrogen and oxygen atoms in total. The van der Waals surface area contributed by atoms with Crippen molar-refractivity contribution in [3.05, 3.63) is 18.2 Å². The van der Waals surface area contributed by atoms with E-state index in [0.717, 1.165) is 6.54 Å². The Hall–Kier alpha value is -1.67. The first-order chi connectivity index (χ1) is 9.35. The normalized spacial score (nSPS) is 15.2. The number of thiocarbonyl (C=S) groups is 1. The second kappa shape index (κ2) is 5.76. The summed E-state index contributed by atoms with van der Waals surface area (Å²) in [5, 5.41) is 6.31. The van der Waals surface area contributed by atoms with Crippen LogP contribution in [0, 0.1) is 0 Å². The number of alkyl halides is 2. The first-order valence-electron chi connectivity index (χ1n) is 5.95. The summed E-state index contributed by atoms with van der Waals surface area (Å²) in [7, 11) is 3.91. The Morgan fingerprint density at radius 2 is 2.00 bits per heavy atom. The molecule has 0 aromatic heterocycles. The molecule has 0 spiro atoms. The van der Waals surface area contributed by atoms with Crippen molar-refractivity contribution in [2.24, 2.45) is 0 Å². The van der Waals surface area contributed by atoms with Crippen molar-refractivity contribution in [2.45, 2.75) is 6.29 Å². The molecule has 20 heavy (non-hydrogen) atoms. The minimum Gasteiger partial charge on any atom is -0.395 e. The molecule has 1 heterocycles. The number of anilines is 1. The van der Waals surface area contributed by atoms with Gasteiger partial charge in [-0.05, 0) is 38.4 Å². The largest absolute Gasteiger partial charge is 0.586 e. The first kappa shape index (κ1) is 14.7. The van der Waals surface area contributed by atoms with Gasteiger partial charge in [0.05, 0.1) is 0 Å². The Morgan fingerprint density at radius 1 is 1.30 bits per heavy atom. The zero-order chi connectivity index (χ0) is 14.8. The van der Waals surface area contributed by atoms with Gasteiger partial charge >= 0.3 is 6.29 Å². The van der Waals surface area contributed by atoms with E-state index >= 15 is 0 Å². The first-order valence-corrected chi connectivity index (χ1v) is 6.36. The lowest BCUT2D eigenvalue weighted by Gasteiger charge is -2.13. The zero-order valence-electron chi connectivity index (χ0n) is 11.1. The zero-order valence-corrected chi connectivity index (χ0v) is 11.9. The molecule has 1 aliphatic heterocycles. The Labute approximate surface area is 120 Å². The van der Waals surface area contributed by atoms with Gasteiger partial charge in [-0.2, -0.15) is 0 Å². The van der Waals surface area contributed by atoms with Gasteiger partial charge in [0.1, 0.15) is 0 Å². The average Bonchev–Trinajstić information content (AvgIpc) is 2.61. The Morgan fingerprint density at radius 3 is 2.70 bits per heavy atom. The molecule has 0 saturated heterocycles. The summed E-state index contributed by atoms with van der Waals surface area (Å²) in [5.41, 5.74) is 0.549. The molecule has 0 fully saturated rings. The summed E-state index contributed by atoms with van der Waals surface area (Å²) < 4.78 is 34.4. The summed E-state index contributed by atoms with van der Waals surface area (Å²) in [5.74, 6) is -0.0110. The second-order valence-electron chi connectivity index (χ2n) is 4.51. The van der Waals surface area contributed by atoms with E-state index in [4.69, 9.17) is 12.2 Å². The highest BCUT2D eigenvalue weighted by atomic mass is 32.1. The molecule has 0 atom stereocenters. The summed E-state index contributed by atoms with van der Waals surface area (Å²) in [4.78, 5) is 2.01. The van der Waals surface area contributed by atoms with Crippen LogP contribution in [-0.2, 0) is 0 Å². The van der Waals surface area contributed by atoms with Crippen molar-refractivity contribution in [3.63, 3.8) is 0 Å². The van der Waals surface area contributed by atoms with Crippen molar-refractivity contribution in [1.82, 2.24) is 10.2 Å². The maximum atomic E-state index is 12.9. The third-order valence-electron chi connectivity index (χ3n) is 2.50. The molecule has 1 aliphatic rings. The lowest BCUT2D eigenvalue weighted by Crippen LogP contribution is -2.34. The van der Waals surface area contributed by atoms with Gasteiger partial charge < -0.3 is 25.0 Å². The Kier molecular flexibility index (Phi) is 4.24. The summed E-state index contributed by atoms with van der Waals surface area (Å²) in [6.07, 6.45) is -3.61. The maximum absolute atomic E-state index is 12.9. The molecule has 1 aromatic carbocycles. The average molecular weight is 303 g/mol. The minimum absolute atomic E-state index is 0.00651. The summed E-state index contributed by atoms with van der Waals surface area (Å²) in [6.45, 7) is 1.51. The highest BCUT2D eigenvalue weighted by Gasteiger charge is 2.43. The van der Waals surface area contributed by atoms with E-state index in [9.17, 15) is 8.78 Å². The van der Waals surface area contributed by atoms with E-state index in [1.165, 1.54) is 12.1 Å². The Bertz CT molecular complexity index is 511. The van der Waals surface area contributed by atoms with Crippen LogP contribution < -0.4 is 20.1 Å². The quantitative estimate of drug-likeness (QED) is 0.828. The van der Waals surface area contributed by atoms with Gasteiger partial charge in [0.25, 0.3) is 0 Å². The predicted octanol–water partition coefficient (Wildman–Crippen LogP) is 1.86. The molecule has 1 aromatic rings. The fourth-order valence-corrected chi connectivity index (χ4v) is 1.81. The van der Waals surface area contributed by atoms with E-state index in [2.05, 4.69) is 20.1 Å². The molecule has 0 amide bonds. The standard InChI is InChI=1S/C12H15F2N3O2S/c1-17(2)6-5-15-11(20)16-8-3-4-9-10(7-8)19-12(13,14)18-9/h3-4,7H,5-6H2,1-2H3,(H2,15,16,20). The van der Waals surface area contributed by atoms with Crippen molar-refractivity contribution in [2.75, 3.05) is 32.5 Å². The maximum Gasteiger partial charge on any atom is 0.586 e. The van der Waals surface area contributed by atoms with Gasteiger partial charge in [-0.1, -0.05) is 0 Å². The van der Waals surface area contributed by atoms with Crippen LogP contribution in [-0.4, -0.2) is 43.5 Å². The summed E-state index contributed by atoms with van der Waals surface area (Å²) in [6, 6.07) is 4.40. The van der Waals surface area contributed by atoms with Gasteiger partial charge in [-0.15, -0.1) is 8.78 Å². The molecule has 8 heteroatoms. The smallest absolute Gasteiger partial charge is 0.395 e. The number of ether oxygens (including phenoxy) is 2. The van der Waals surface area contributed by atoms with E-state index in [1.807, 2.05) is 19.0 Å². The lowest BCUT2D eigenvalue weighted by molar-refractivity contribution is -0.286. The van der Waals surface area contributed by atoms with Crippen LogP contribution in [0.2, 0.25) is 0 Å². The molecule has 0 saturated carbocycles. The van der Waals surface area contributed by atoms with Crippen molar-refractivity contribution < 1.29 is 18.3 Å². The van der Waals surface area contributed by atoms with E-state index in [-0.39, 0.29) is 11.5 Å². The number of nitrogens with one attached hydrogen (secondary N) is 2. The molecule has 0 radical (unpaired) electrons. The van der Waals surface area contributed by atoms with Gasteiger partial charge in [0.2, 0.25) is 0 Å². The van der Waals surface area contributed by atoms with Gasteiger partial charge in [0.15, 0.2) is 16.6 Å². The van der Waals surface area contributed by atoms with Crippen LogP contribution in [0.25, 0.3) is 0 Å². The van der Waals surface area contributed by atoms with Crippen LogP contribution in [0.3, 0.4) is 0 Å². The molecule has 0 bridgehead atoms. The van der Waals surface area contributed by atoms with Crippen molar-refractivity contribution >= 4 is 23.0 Å². The van der Waals surface area contributed by atoms with E-state index < -0.39 is 6.29 Å². The van der Waals surface area contributed by atoms with Crippen molar-refractivity contribution in [3.8, 4) is 11.5 Å². The number of rotatable bonds is 4. The lowest BCUT2D eigenvalue weighted by atomic mass is 10.3. The van der Waals surface area contributed by atoms with Gasteiger partial charge in [0, 0.05) is 24.8 Å². The molecule has 2 rings (SSSR count). The topological polar surface area (TPSA) is 45.8 Å². The fraction of sp³-hybridized carbons (Fsp3) is 0.417. The van der Waals surface area contributed by atoms with Gasteiger partial charge in [-0.3, -0.25) is 0 Å². The summed E-state index contributed by atoms with van der Waals surface area (Å²) >= 11 is 5.10. The van der Waals surface area contributed by atoms with Gasteiger partial charge in [-0.25, -0.2) is 0 Å². The van der Waals surface area contributed by atoms with Crippen LogP contribution in [0.1, 0.15) is 0 Å². The number of likely N-dealkylation sites (N-methyl/N-ethyl adjacent to an activating group) is 1. The predicted molar refractivity (Wildman–Crippen MR) is 75.4 cm³/mol. The number of hydrogen-bond donors (Lipinski definition) is 2. The minimum atomic E-state index is -3.61. The SMILES string of the molecule is CN(C)CCNC(=S)Nc1ccc2c(c1)OC(F)(F)O2. The molecule has 0 unspecified atom stereocenters. The van der Waals surface area contributed by atoms with E-state index in [0.29, 0.717) is 17.3 Å². The second-order valence-corrected chi connectivity index (χ2v) is 4.92. The fourth-order valence-electron chi connectivity index (χ4n) is 1.60. The van der Waals surface area contributed by atoms with Crippen molar-refractivity contribution in [1.29, 1.82) is 0 Å². The molecule has 110 valence electrons. The Balaban J connectivity index is 1.90. The number of halogens is 2. The highest BCUT2D eigenvalue weighted by molar-refractivity contribution is 7.80. The van der Waals surface area contributed by atoms with Crippen LogP contribution in [0.15, 0.2) is 18.2 Å². The molecule has 2 N–H and O–H groups in total. The van der Waals surface area contributed by atoms with E-state index in [1.54, 1.807) is 6.07 Å². The molecular weight excluding hydrogens is 288 g/mol. The highest BCUT2D eigenvalue weighted by Crippen LogP contribution is 2.42. The van der Waals surface area contributed by atoms with Crippen LogP contribution in [0.4, 0.5) is 14.5 Å². The third kappa shape index (κ3) is 3.91. The van der Waals surface area contributed by atoms with Crippen LogP contribution in [0.5, 0.6) is 11.5 Å². The number of fused-ring (bicyclic) bond motifs is 1. The third-order valence-corrected chi connectivity index (χ3v) is 2.75. The monoisotopic (exact) mass is 303 g/mol. The van der Waals surface area contributed by atoms with Crippen LogP contribution >= 0.6 is 12.2 Å². The molecule has 0 aliphatic carbocycles. The number of hydrogen-bond acceptors (Lipinski definition) is 4.